The number of pyridine rings is 2. The first kappa shape index (κ1) is 7.67. The Labute approximate surface area is 73.9 Å². The first-order valence-corrected chi connectivity index (χ1v) is 3.79. The van der Waals surface area contributed by atoms with Crippen molar-refractivity contribution >= 4 is 11.2 Å². The Kier molecular flexibility index (Phi) is 1.48. The van der Waals surface area contributed by atoms with Gasteiger partial charge in [-0.1, -0.05) is 0 Å². The quantitative estimate of drug-likeness (QED) is 0.617. The highest BCUT2D eigenvalue weighted by Gasteiger charge is 2.03. The summed E-state index contributed by atoms with van der Waals surface area (Å²) in [5.74, 6) is 0.0118. The minimum Gasteiger partial charge on any atom is -0.506 e. The van der Waals surface area contributed by atoms with Crippen LogP contribution in [0.4, 0.5) is 5.69 Å². The number of nitrogens with two attached hydrogens (primary N) is 1. The van der Waals surface area contributed by atoms with Crippen LogP contribution in [0.15, 0.2) is 35.3 Å². The lowest BCUT2D eigenvalue weighted by Crippen LogP contribution is -2.12. The van der Waals surface area contributed by atoms with E-state index in [0.717, 1.165) is 0 Å². The van der Waals surface area contributed by atoms with Crippen molar-refractivity contribution in [2.24, 2.45) is 0 Å². The topological polar surface area (TPSA) is 67.7 Å². The lowest BCUT2D eigenvalue weighted by Gasteiger charge is -2.04. The molecule has 4 nitrogen and oxygen atoms in total. The maximum absolute atomic E-state index is 11.3. The highest BCUT2D eigenvalue weighted by molar-refractivity contribution is 5.75. The molecule has 0 fully saturated rings. The van der Waals surface area contributed by atoms with Crippen LogP contribution in [0.3, 0.4) is 0 Å². The Morgan fingerprint density at radius 1 is 1.31 bits per heavy atom. The third-order valence-corrected chi connectivity index (χ3v) is 1.89. The molecule has 2 heterocycles. The van der Waals surface area contributed by atoms with Crippen molar-refractivity contribution in [3.63, 3.8) is 0 Å². The van der Waals surface area contributed by atoms with Crippen LogP contribution < -0.4 is 11.3 Å². The second-order valence-electron chi connectivity index (χ2n) is 2.74. The number of nitrogen functional groups attached to an aromatic ring is 1. The van der Waals surface area contributed by atoms with Crippen LogP contribution in [-0.4, -0.2) is 9.51 Å². The first-order chi connectivity index (χ1) is 6.20. The molecule has 0 aliphatic rings. The van der Waals surface area contributed by atoms with Crippen LogP contribution >= 0.6 is 0 Å². The van der Waals surface area contributed by atoms with Gasteiger partial charge in [0.15, 0.2) is 0 Å². The predicted octanol–water partition coefficient (Wildman–Crippen LogP) is 0.587. The van der Waals surface area contributed by atoms with Crippen molar-refractivity contribution in [2.45, 2.75) is 0 Å². The molecule has 66 valence electrons. The van der Waals surface area contributed by atoms with Crippen LogP contribution in [0.1, 0.15) is 0 Å². The van der Waals surface area contributed by atoms with Gasteiger partial charge in [0.1, 0.15) is 11.3 Å². The van der Waals surface area contributed by atoms with Crippen molar-refractivity contribution in [1.82, 2.24) is 4.40 Å². The van der Waals surface area contributed by atoms with Gasteiger partial charge in [0, 0.05) is 12.3 Å². The SMILES string of the molecule is Nc1ccc(=O)n2cccc(O)c12. The zero-order valence-corrected chi connectivity index (χ0v) is 6.77. The molecule has 0 amide bonds. The summed E-state index contributed by atoms with van der Waals surface area (Å²) in [7, 11) is 0. The summed E-state index contributed by atoms with van der Waals surface area (Å²) in [6.07, 6.45) is 1.56. The number of fused-ring (bicyclic) bond motifs is 1. The lowest BCUT2D eigenvalue weighted by molar-refractivity contribution is 0.478. The molecule has 0 radical (unpaired) electrons. The summed E-state index contributed by atoms with van der Waals surface area (Å²) < 4.78 is 1.31. The van der Waals surface area contributed by atoms with Gasteiger partial charge < -0.3 is 10.8 Å². The van der Waals surface area contributed by atoms with Crippen molar-refractivity contribution in [2.75, 3.05) is 5.73 Å². The van der Waals surface area contributed by atoms with E-state index in [2.05, 4.69) is 0 Å². The second-order valence-corrected chi connectivity index (χ2v) is 2.74. The maximum Gasteiger partial charge on any atom is 0.255 e. The largest absolute Gasteiger partial charge is 0.506 e. The fraction of sp³-hybridized carbons (Fsp3) is 0. The Morgan fingerprint density at radius 3 is 2.77 bits per heavy atom. The molecule has 2 rings (SSSR count). The van der Waals surface area contributed by atoms with E-state index in [9.17, 15) is 9.90 Å². The molecule has 0 aliphatic carbocycles. The number of hydrogen-bond donors (Lipinski definition) is 2. The van der Waals surface area contributed by atoms with Gasteiger partial charge in [0.05, 0.1) is 5.69 Å². The van der Waals surface area contributed by atoms with Gasteiger partial charge in [-0.2, -0.15) is 0 Å². The number of rotatable bonds is 0. The highest BCUT2D eigenvalue weighted by atomic mass is 16.3. The molecule has 0 spiro atoms. The summed E-state index contributed by atoms with van der Waals surface area (Å²) in [4.78, 5) is 11.3. The van der Waals surface area contributed by atoms with E-state index in [1.807, 2.05) is 0 Å². The Morgan fingerprint density at radius 2 is 2.08 bits per heavy atom. The molecule has 0 aliphatic heterocycles. The molecule has 2 aromatic rings. The van der Waals surface area contributed by atoms with Crippen LogP contribution in [0, 0.1) is 0 Å². The average molecular weight is 176 g/mol. The fourth-order valence-corrected chi connectivity index (χ4v) is 1.29. The smallest absolute Gasteiger partial charge is 0.255 e. The van der Waals surface area contributed by atoms with Gasteiger partial charge in [-0.25, -0.2) is 0 Å². The molecule has 4 heteroatoms. The first-order valence-electron chi connectivity index (χ1n) is 3.79. The van der Waals surface area contributed by atoms with Crippen LogP contribution in [-0.2, 0) is 0 Å². The summed E-state index contributed by atoms with van der Waals surface area (Å²) in [6.45, 7) is 0. The van der Waals surface area contributed by atoms with Gasteiger partial charge in [0.25, 0.3) is 5.56 Å². The van der Waals surface area contributed by atoms with E-state index in [1.54, 1.807) is 12.3 Å². The van der Waals surface area contributed by atoms with Gasteiger partial charge in [-0.3, -0.25) is 9.20 Å². The number of aromatic hydroxyl groups is 1. The fourth-order valence-electron chi connectivity index (χ4n) is 1.29. The summed E-state index contributed by atoms with van der Waals surface area (Å²) in [5, 5.41) is 9.44. The van der Waals surface area contributed by atoms with Gasteiger partial charge in [-0.05, 0) is 18.2 Å². The molecular formula is C9H8N2O2. The predicted molar refractivity (Wildman–Crippen MR) is 49.7 cm³/mol. The number of aromatic nitrogens is 1. The van der Waals surface area contributed by atoms with Crippen molar-refractivity contribution in [1.29, 1.82) is 0 Å². The molecule has 0 bridgehead atoms. The molecule has 0 atom stereocenters. The normalized spacial score (nSPS) is 10.5. The Hall–Kier alpha value is -1.97. The Bertz CT molecular complexity index is 508. The van der Waals surface area contributed by atoms with Crippen LogP contribution in [0.5, 0.6) is 5.75 Å². The van der Waals surface area contributed by atoms with E-state index in [0.29, 0.717) is 11.2 Å². The Balaban J connectivity index is 3.09. The lowest BCUT2D eigenvalue weighted by atomic mass is 10.3. The molecule has 3 N–H and O–H groups in total. The monoisotopic (exact) mass is 176 g/mol. The van der Waals surface area contributed by atoms with Crippen molar-refractivity contribution < 1.29 is 5.11 Å². The summed E-state index contributed by atoms with van der Waals surface area (Å²) >= 11 is 0. The third-order valence-electron chi connectivity index (χ3n) is 1.89. The van der Waals surface area contributed by atoms with E-state index in [4.69, 9.17) is 5.73 Å². The molecule has 13 heavy (non-hydrogen) atoms. The van der Waals surface area contributed by atoms with Crippen molar-refractivity contribution in [3.05, 3.63) is 40.8 Å². The molecule has 0 saturated carbocycles. The average Bonchev–Trinajstić information content (AvgIpc) is 2.12. The summed E-state index contributed by atoms with van der Waals surface area (Å²) in [6, 6.07) is 5.92. The molecular weight excluding hydrogens is 168 g/mol. The van der Waals surface area contributed by atoms with Crippen LogP contribution in [0.25, 0.3) is 5.52 Å². The molecule has 0 saturated heterocycles. The second kappa shape index (κ2) is 2.52. The number of nitrogens with zero attached hydrogens (tertiary/aromatic N) is 1. The van der Waals surface area contributed by atoms with E-state index in [-0.39, 0.29) is 11.3 Å². The zero-order chi connectivity index (χ0) is 9.42. The number of anilines is 1. The standard InChI is InChI=1S/C9H8N2O2/c10-6-3-4-8(13)11-5-1-2-7(12)9(6)11/h1-5,12H,10H2. The van der Waals surface area contributed by atoms with E-state index >= 15 is 0 Å². The number of hydrogen-bond acceptors (Lipinski definition) is 3. The van der Waals surface area contributed by atoms with Gasteiger partial charge in [-0.15, -0.1) is 0 Å². The maximum atomic E-state index is 11.3. The van der Waals surface area contributed by atoms with Gasteiger partial charge in [0.2, 0.25) is 0 Å². The van der Waals surface area contributed by atoms with E-state index < -0.39 is 0 Å². The summed E-state index contributed by atoms with van der Waals surface area (Å²) in [5.41, 5.74) is 6.14. The van der Waals surface area contributed by atoms with Crippen molar-refractivity contribution in [3.8, 4) is 5.75 Å². The minimum atomic E-state index is -0.208. The minimum absolute atomic E-state index is 0.0118. The third kappa shape index (κ3) is 1.03. The van der Waals surface area contributed by atoms with E-state index in [1.165, 1.54) is 22.6 Å². The van der Waals surface area contributed by atoms with Crippen LogP contribution in [0.2, 0.25) is 0 Å². The molecule has 0 unspecified atom stereocenters. The molecule has 2 aromatic heterocycles. The van der Waals surface area contributed by atoms with Gasteiger partial charge >= 0.3 is 0 Å². The highest BCUT2D eigenvalue weighted by Crippen LogP contribution is 2.21. The molecule has 0 aromatic carbocycles. The zero-order valence-electron chi connectivity index (χ0n) is 6.77.